The molecule has 1 saturated heterocycles. The maximum Gasteiger partial charge on any atom is 0.328 e. The van der Waals surface area contributed by atoms with E-state index in [9.17, 15) is 14.7 Å². The lowest BCUT2D eigenvalue weighted by molar-refractivity contribution is -0.134. The first kappa shape index (κ1) is 31.8. The lowest BCUT2D eigenvalue weighted by Crippen LogP contribution is -2.45. The number of carbonyl (C=O) groups is 2. The van der Waals surface area contributed by atoms with Crippen LogP contribution in [0.4, 0.5) is 0 Å². The lowest BCUT2D eigenvalue weighted by Gasteiger charge is -2.32. The van der Waals surface area contributed by atoms with E-state index in [0.717, 1.165) is 60.7 Å². The third kappa shape index (κ3) is 10.3. The van der Waals surface area contributed by atoms with E-state index in [1.165, 1.54) is 0 Å². The van der Waals surface area contributed by atoms with Crippen LogP contribution in [-0.4, -0.2) is 83.4 Å². The van der Waals surface area contributed by atoms with Crippen molar-refractivity contribution in [3.8, 4) is 5.75 Å². The Bertz CT molecular complexity index is 1270. The number of carboxylic acids is 2. The fourth-order valence-electron chi connectivity index (χ4n) is 4.43. The van der Waals surface area contributed by atoms with E-state index in [0.29, 0.717) is 30.2 Å². The van der Waals surface area contributed by atoms with Crippen molar-refractivity contribution in [1.29, 1.82) is 0 Å². The summed E-state index contributed by atoms with van der Waals surface area (Å²) in [5, 5.41) is 28.3. The van der Waals surface area contributed by atoms with Crippen molar-refractivity contribution in [3.63, 3.8) is 0 Å². The van der Waals surface area contributed by atoms with Crippen LogP contribution >= 0.6 is 11.6 Å². The molecule has 0 aliphatic carbocycles. The van der Waals surface area contributed by atoms with E-state index in [2.05, 4.69) is 23.8 Å². The number of hydrogen-bond donors (Lipinski definition) is 3. The van der Waals surface area contributed by atoms with E-state index in [4.69, 9.17) is 26.6 Å². The summed E-state index contributed by atoms with van der Waals surface area (Å²) in [6.45, 7) is 8.05. The Hall–Kier alpha value is -3.69. The highest BCUT2D eigenvalue weighted by Crippen LogP contribution is 2.34. The van der Waals surface area contributed by atoms with Crippen LogP contribution in [0.15, 0.2) is 84.9 Å². The van der Waals surface area contributed by atoms with Crippen molar-refractivity contribution in [2.75, 3.05) is 46.4 Å². The van der Waals surface area contributed by atoms with Gasteiger partial charge < -0.3 is 25.0 Å². The molecular weight excluding hydrogens is 544 g/mol. The van der Waals surface area contributed by atoms with Gasteiger partial charge in [0.2, 0.25) is 0 Å². The number of ether oxygens (including phenoxy) is 1. The smallest absolute Gasteiger partial charge is 0.328 e. The minimum Gasteiger partial charge on any atom is -0.492 e. The third-order valence-electron chi connectivity index (χ3n) is 6.87. The summed E-state index contributed by atoms with van der Waals surface area (Å²) >= 11 is 6.07. The van der Waals surface area contributed by atoms with Gasteiger partial charge in [0.15, 0.2) is 0 Å². The molecule has 0 amide bonds. The summed E-state index contributed by atoms with van der Waals surface area (Å²) in [6.07, 6.45) is 1.57. The number of hydrogen-bond acceptors (Lipinski definition) is 6. The second-order valence-corrected chi connectivity index (χ2v) is 10.5. The summed E-state index contributed by atoms with van der Waals surface area (Å²) in [6, 6.07) is 23.6. The molecule has 9 heteroatoms. The monoisotopic (exact) mass is 580 g/mol. The molecule has 0 spiro atoms. The first-order valence-electron chi connectivity index (χ1n) is 13.4. The van der Waals surface area contributed by atoms with Gasteiger partial charge in [0, 0.05) is 56.3 Å². The molecule has 218 valence electrons. The topological polar surface area (TPSA) is 111 Å². The molecule has 8 nitrogen and oxygen atoms in total. The molecule has 1 aliphatic heterocycles. The van der Waals surface area contributed by atoms with Crippen molar-refractivity contribution < 1.29 is 29.6 Å². The number of aryl methyl sites for hydroxylation is 1. The minimum absolute atomic E-state index is 0.455. The van der Waals surface area contributed by atoms with Crippen LogP contribution in [0.1, 0.15) is 22.3 Å². The van der Waals surface area contributed by atoms with Crippen molar-refractivity contribution in [3.05, 3.63) is 112 Å². The second kappa shape index (κ2) is 15.3. The molecule has 1 aliphatic rings. The van der Waals surface area contributed by atoms with E-state index in [1.54, 1.807) is 0 Å². The molecule has 1 fully saturated rings. The fourth-order valence-corrected chi connectivity index (χ4v) is 4.56. The van der Waals surface area contributed by atoms with E-state index in [1.807, 2.05) is 72.8 Å². The normalized spacial score (nSPS) is 15.5. The molecule has 4 rings (SSSR count). The van der Waals surface area contributed by atoms with Gasteiger partial charge in [0.1, 0.15) is 18.0 Å². The highest BCUT2D eigenvalue weighted by molar-refractivity contribution is 6.30. The van der Waals surface area contributed by atoms with Gasteiger partial charge in [-0.2, -0.15) is 0 Å². The molecule has 41 heavy (non-hydrogen) atoms. The number of aliphatic carboxylic acids is 2. The van der Waals surface area contributed by atoms with Gasteiger partial charge in [-0.15, -0.1) is 0 Å². The second-order valence-electron chi connectivity index (χ2n) is 10.1. The average molecular weight is 581 g/mol. The summed E-state index contributed by atoms with van der Waals surface area (Å²) in [5.41, 5.74) is 2.74. The Morgan fingerprint density at radius 3 is 1.88 bits per heavy atom. The van der Waals surface area contributed by atoms with Gasteiger partial charge >= 0.3 is 11.9 Å². The maximum absolute atomic E-state index is 11.9. The van der Waals surface area contributed by atoms with Crippen LogP contribution in [0, 0.1) is 6.92 Å². The maximum atomic E-state index is 11.9. The Kier molecular flexibility index (Phi) is 11.9. The van der Waals surface area contributed by atoms with Gasteiger partial charge in [-0.05, 0) is 54.9 Å². The zero-order valence-corrected chi connectivity index (χ0v) is 24.1. The van der Waals surface area contributed by atoms with Crippen LogP contribution in [0.2, 0.25) is 5.02 Å². The molecule has 1 atom stereocenters. The van der Waals surface area contributed by atoms with Gasteiger partial charge in [-0.1, -0.05) is 65.7 Å². The van der Waals surface area contributed by atoms with E-state index >= 15 is 0 Å². The van der Waals surface area contributed by atoms with Crippen LogP contribution in [-0.2, 0) is 21.6 Å². The van der Waals surface area contributed by atoms with Crippen LogP contribution in [0.5, 0.6) is 5.75 Å². The third-order valence-corrected chi connectivity index (χ3v) is 7.13. The quantitative estimate of drug-likeness (QED) is 0.301. The van der Waals surface area contributed by atoms with E-state index < -0.39 is 17.5 Å². The first-order valence-corrected chi connectivity index (χ1v) is 13.7. The van der Waals surface area contributed by atoms with Crippen molar-refractivity contribution >= 4 is 23.5 Å². The highest BCUT2D eigenvalue weighted by Gasteiger charge is 2.32. The van der Waals surface area contributed by atoms with E-state index in [-0.39, 0.29) is 0 Å². The predicted molar refractivity (Wildman–Crippen MR) is 160 cm³/mol. The van der Waals surface area contributed by atoms with Crippen molar-refractivity contribution in [2.45, 2.75) is 18.9 Å². The molecule has 3 aromatic carbocycles. The average Bonchev–Trinajstić information content (AvgIpc) is 2.95. The largest absolute Gasteiger partial charge is 0.492 e. The molecule has 0 saturated carbocycles. The van der Waals surface area contributed by atoms with Crippen molar-refractivity contribution in [1.82, 2.24) is 9.80 Å². The summed E-state index contributed by atoms with van der Waals surface area (Å²) in [5.74, 6) is -1.69. The van der Waals surface area contributed by atoms with Gasteiger partial charge in [-0.25, -0.2) is 9.59 Å². The molecule has 0 radical (unpaired) electrons. The number of likely N-dealkylation sites (N-methyl/N-ethyl adjacent to an activating group) is 1. The molecule has 3 N–H and O–H groups in total. The predicted octanol–water partition coefficient (Wildman–Crippen LogP) is 4.47. The number of benzene rings is 3. The fraction of sp³-hybridized carbons (Fsp3) is 0.312. The van der Waals surface area contributed by atoms with Crippen LogP contribution in [0.3, 0.4) is 0 Å². The Labute approximate surface area is 246 Å². The number of halogens is 1. The number of carboxylic acid groups (broad SMARTS) is 2. The molecule has 1 heterocycles. The van der Waals surface area contributed by atoms with Crippen LogP contribution in [0.25, 0.3) is 0 Å². The molecule has 3 aromatic rings. The minimum atomic E-state index is -1.26. The standard InChI is InChI=1S/C28H33ClN2O2.C4H4O4/c1-22-3-7-24(8-4-22)28(32,21-23-5-11-26(29)12-6-23)25-9-13-27(14-10-25)33-20-19-31-17-15-30(2)16-18-31;5-3(6)1-2-4(7)8/h3-14,32H,15-21H2,1-2H3;1-2H,(H,5,6)(H,7,8)/b;2-1-. The highest BCUT2D eigenvalue weighted by atomic mass is 35.5. The number of rotatable bonds is 10. The molecule has 0 aromatic heterocycles. The Morgan fingerprint density at radius 1 is 0.854 bits per heavy atom. The van der Waals surface area contributed by atoms with Gasteiger partial charge in [0.25, 0.3) is 0 Å². The molecular formula is C32H37ClN2O6. The van der Waals surface area contributed by atoms with Gasteiger partial charge in [0.05, 0.1) is 0 Å². The summed E-state index contributed by atoms with van der Waals surface area (Å²) in [4.78, 5) is 23.9. The zero-order chi connectivity index (χ0) is 29.8. The Morgan fingerprint density at radius 2 is 1.37 bits per heavy atom. The zero-order valence-electron chi connectivity index (χ0n) is 23.4. The number of aliphatic hydroxyl groups is 1. The molecule has 0 bridgehead atoms. The molecule has 1 unspecified atom stereocenters. The number of nitrogens with zero attached hydrogens (tertiary/aromatic N) is 2. The van der Waals surface area contributed by atoms with Crippen LogP contribution < -0.4 is 4.74 Å². The van der Waals surface area contributed by atoms with Gasteiger partial charge in [-0.3, -0.25) is 4.90 Å². The SMILES string of the molecule is Cc1ccc(C(O)(Cc2ccc(Cl)cc2)c2ccc(OCCN3CCN(C)CC3)cc2)cc1.O=C(O)/C=C\C(=O)O. The van der Waals surface area contributed by atoms with Crippen molar-refractivity contribution in [2.24, 2.45) is 0 Å². The summed E-state index contributed by atoms with van der Waals surface area (Å²) in [7, 11) is 2.17. The number of piperazine rings is 1. The first-order chi connectivity index (χ1) is 19.5. The Balaban J connectivity index is 0.000000507. The lowest BCUT2D eigenvalue weighted by atomic mass is 9.81. The summed E-state index contributed by atoms with van der Waals surface area (Å²) < 4.78 is 6.00.